The predicted octanol–water partition coefficient (Wildman–Crippen LogP) is 5.18. The number of nitrogens with zero attached hydrogens (tertiary/aromatic N) is 2. The van der Waals surface area contributed by atoms with Crippen LogP contribution in [-0.2, 0) is 6.61 Å². The molecule has 4 rings (SSSR count). The number of carbonyl (C=O) groups is 1. The summed E-state index contributed by atoms with van der Waals surface area (Å²) in [7, 11) is 0. The van der Waals surface area contributed by atoms with E-state index >= 15 is 0 Å². The number of amides is 1. The highest BCUT2D eigenvalue weighted by molar-refractivity contribution is 7.12. The number of carbonyl (C=O) groups excluding carboxylic acids is 1. The lowest BCUT2D eigenvalue weighted by Gasteiger charge is -2.07. The zero-order valence-corrected chi connectivity index (χ0v) is 18.1. The molecule has 0 aliphatic carbocycles. The normalized spacial score (nSPS) is 11.4. The molecule has 2 N–H and O–H groups in total. The van der Waals surface area contributed by atoms with E-state index in [0.717, 1.165) is 27.5 Å². The van der Waals surface area contributed by atoms with Crippen molar-refractivity contribution in [1.29, 1.82) is 0 Å². The Hall–Kier alpha value is -3.71. The van der Waals surface area contributed by atoms with Gasteiger partial charge in [-0.05, 0) is 61.2 Å². The average molecular weight is 431 g/mol. The number of nitrogens with one attached hydrogen (secondary N) is 2. The van der Waals surface area contributed by atoms with E-state index in [1.165, 1.54) is 5.56 Å². The number of benzene rings is 2. The van der Waals surface area contributed by atoms with Crippen LogP contribution in [-0.4, -0.2) is 21.8 Å². The summed E-state index contributed by atoms with van der Waals surface area (Å²) in [5, 5.41) is 13.1. The van der Waals surface area contributed by atoms with Crippen LogP contribution in [0.2, 0.25) is 0 Å². The number of hydrogen-bond acceptors (Lipinski definition) is 5. The Bertz CT molecular complexity index is 1180. The third-order valence-electron chi connectivity index (χ3n) is 4.70. The highest BCUT2D eigenvalue weighted by Gasteiger charge is 2.11. The van der Waals surface area contributed by atoms with Crippen molar-refractivity contribution in [2.75, 3.05) is 0 Å². The van der Waals surface area contributed by atoms with Gasteiger partial charge >= 0.3 is 0 Å². The number of aromatic amines is 1. The van der Waals surface area contributed by atoms with Crippen molar-refractivity contribution in [2.45, 2.75) is 20.5 Å². The molecule has 2 aromatic carbocycles. The van der Waals surface area contributed by atoms with Gasteiger partial charge in [-0.15, -0.1) is 11.3 Å². The van der Waals surface area contributed by atoms with Crippen LogP contribution in [0.5, 0.6) is 5.75 Å². The number of ether oxygens (including phenoxy) is 1. The summed E-state index contributed by atoms with van der Waals surface area (Å²) in [5.41, 5.74) is 7.57. The van der Waals surface area contributed by atoms with Gasteiger partial charge in [-0.3, -0.25) is 9.89 Å². The van der Waals surface area contributed by atoms with Gasteiger partial charge in [0.2, 0.25) is 0 Å². The van der Waals surface area contributed by atoms with Gasteiger partial charge in [0.15, 0.2) is 0 Å². The van der Waals surface area contributed by atoms with Gasteiger partial charge in [0.25, 0.3) is 5.91 Å². The van der Waals surface area contributed by atoms with Crippen LogP contribution in [0.4, 0.5) is 0 Å². The van der Waals surface area contributed by atoms with Crippen LogP contribution in [0.3, 0.4) is 0 Å². The topological polar surface area (TPSA) is 79.4 Å². The number of rotatable bonds is 7. The first-order chi connectivity index (χ1) is 15.1. The molecule has 0 spiro atoms. The first kappa shape index (κ1) is 20.6. The van der Waals surface area contributed by atoms with Crippen LogP contribution < -0.4 is 10.2 Å². The van der Waals surface area contributed by atoms with Gasteiger partial charge in [-0.2, -0.15) is 10.2 Å². The summed E-state index contributed by atoms with van der Waals surface area (Å²) in [6, 6.07) is 21.5. The SMILES string of the molecule is CC(=NNC(=O)c1cc(-c2ccc(OCc3ccc(C)cc3)cc2)n[nH]1)c1cccs1. The van der Waals surface area contributed by atoms with Crippen molar-refractivity contribution in [1.82, 2.24) is 15.6 Å². The van der Waals surface area contributed by atoms with E-state index in [1.807, 2.05) is 48.7 Å². The van der Waals surface area contributed by atoms with Gasteiger partial charge in [0.05, 0.1) is 11.4 Å². The number of aromatic nitrogens is 2. The van der Waals surface area contributed by atoms with Crippen molar-refractivity contribution in [3.8, 4) is 17.0 Å². The molecular weight excluding hydrogens is 408 g/mol. The molecule has 0 fully saturated rings. The molecule has 1 amide bonds. The molecule has 0 aliphatic rings. The number of thiophene rings is 1. The number of hydrogen-bond donors (Lipinski definition) is 2. The Morgan fingerprint density at radius 3 is 2.61 bits per heavy atom. The van der Waals surface area contributed by atoms with Gasteiger partial charge in [0.1, 0.15) is 18.1 Å². The molecule has 0 saturated carbocycles. The van der Waals surface area contributed by atoms with E-state index in [-0.39, 0.29) is 5.91 Å². The Balaban J connectivity index is 1.36. The van der Waals surface area contributed by atoms with Crippen molar-refractivity contribution >= 4 is 23.0 Å². The van der Waals surface area contributed by atoms with Crippen LogP contribution in [0.15, 0.2) is 77.2 Å². The summed E-state index contributed by atoms with van der Waals surface area (Å²) in [6.07, 6.45) is 0. The molecule has 4 aromatic rings. The summed E-state index contributed by atoms with van der Waals surface area (Å²) >= 11 is 1.57. The summed E-state index contributed by atoms with van der Waals surface area (Å²) in [4.78, 5) is 13.4. The highest BCUT2D eigenvalue weighted by Crippen LogP contribution is 2.22. The average Bonchev–Trinajstić information content (AvgIpc) is 3.50. The molecule has 156 valence electrons. The fourth-order valence-electron chi connectivity index (χ4n) is 2.89. The van der Waals surface area contributed by atoms with E-state index in [2.05, 4.69) is 51.9 Å². The largest absolute Gasteiger partial charge is 0.489 e. The van der Waals surface area contributed by atoms with Crippen molar-refractivity contribution in [2.24, 2.45) is 5.10 Å². The summed E-state index contributed by atoms with van der Waals surface area (Å²) in [5.74, 6) is 0.434. The third-order valence-corrected chi connectivity index (χ3v) is 5.68. The summed E-state index contributed by atoms with van der Waals surface area (Å²) in [6.45, 7) is 4.43. The molecule has 0 radical (unpaired) electrons. The molecule has 6 nitrogen and oxygen atoms in total. The van der Waals surface area contributed by atoms with E-state index in [0.29, 0.717) is 18.0 Å². The lowest BCUT2D eigenvalue weighted by Crippen LogP contribution is -2.19. The molecule has 0 bridgehead atoms. The Labute approximate surface area is 184 Å². The Kier molecular flexibility index (Phi) is 6.24. The lowest BCUT2D eigenvalue weighted by molar-refractivity contribution is 0.0950. The Morgan fingerprint density at radius 1 is 1.13 bits per heavy atom. The second-order valence-corrected chi connectivity index (χ2v) is 8.03. The molecule has 2 aromatic heterocycles. The van der Waals surface area contributed by atoms with Gasteiger partial charge in [0, 0.05) is 10.4 Å². The molecular formula is C24H22N4O2S. The van der Waals surface area contributed by atoms with Crippen molar-refractivity contribution in [3.63, 3.8) is 0 Å². The van der Waals surface area contributed by atoms with Gasteiger partial charge < -0.3 is 4.74 Å². The second kappa shape index (κ2) is 9.40. The van der Waals surface area contributed by atoms with Crippen LogP contribution in [0.1, 0.15) is 33.4 Å². The predicted molar refractivity (Wildman–Crippen MR) is 124 cm³/mol. The maximum atomic E-state index is 12.4. The first-order valence-electron chi connectivity index (χ1n) is 9.81. The minimum Gasteiger partial charge on any atom is -0.489 e. The number of aryl methyl sites for hydroxylation is 1. The minimum absolute atomic E-state index is 0.340. The number of hydrazone groups is 1. The van der Waals surface area contributed by atoms with E-state index in [4.69, 9.17) is 4.74 Å². The molecule has 2 heterocycles. The second-order valence-electron chi connectivity index (χ2n) is 7.08. The highest BCUT2D eigenvalue weighted by atomic mass is 32.1. The first-order valence-corrected chi connectivity index (χ1v) is 10.7. The summed E-state index contributed by atoms with van der Waals surface area (Å²) < 4.78 is 5.84. The quantitative estimate of drug-likeness (QED) is 0.313. The van der Waals surface area contributed by atoms with Gasteiger partial charge in [-0.25, -0.2) is 5.43 Å². The lowest BCUT2D eigenvalue weighted by atomic mass is 10.1. The smallest absolute Gasteiger partial charge is 0.289 e. The van der Waals surface area contributed by atoms with E-state index < -0.39 is 0 Å². The van der Waals surface area contributed by atoms with Crippen LogP contribution in [0, 0.1) is 6.92 Å². The van der Waals surface area contributed by atoms with Crippen molar-refractivity contribution in [3.05, 3.63) is 93.8 Å². The third kappa shape index (κ3) is 5.26. The zero-order valence-electron chi connectivity index (χ0n) is 17.3. The zero-order chi connectivity index (χ0) is 21.6. The molecule has 0 unspecified atom stereocenters. The maximum absolute atomic E-state index is 12.4. The molecule has 0 atom stereocenters. The van der Waals surface area contributed by atoms with Gasteiger partial charge in [-0.1, -0.05) is 35.9 Å². The Morgan fingerprint density at radius 2 is 1.90 bits per heavy atom. The molecule has 0 saturated heterocycles. The molecule has 31 heavy (non-hydrogen) atoms. The fourth-order valence-corrected chi connectivity index (χ4v) is 3.57. The van der Waals surface area contributed by atoms with Crippen LogP contribution >= 0.6 is 11.3 Å². The standard InChI is InChI=1S/C24H22N4O2S/c1-16-5-7-18(8-6-16)15-30-20-11-9-19(10-12-20)21-14-22(27-26-21)24(29)28-25-17(2)23-4-3-13-31-23/h3-14H,15H2,1-2H3,(H,26,27)(H,28,29). The van der Waals surface area contributed by atoms with Crippen molar-refractivity contribution < 1.29 is 9.53 Å². The van der Waals surface area contributed by atoms with Crippen LogP contribution in [0.25, 0.3) is 11.3 Å². The minimum atomic E-state index is -0.340. The molecule has 0 aliphatic heterocycles. The van der Waals surface area contributed by atoms with E-state index in [1.54, 1.807) is 17.4 Å². The fraction of sp³-hybridized carbons (Fsp3) is 0.125. The maximum Gasteiger partial charge on any atom is 0.289 e. The monoisotopic (exact) mass is 430 g/mol. The molecule has 7 heteroatoms. The number of H-pyrrole nitrogens is 1. The van der Waals surface area contributed by atoms with E-state index in [9.17, 15) is 4.79 Å².